The van der Waals surface area contributed by atoms with Gasteiger partial charge in [0.2, 0.25) is 0 Å². The third-order valence-electron chi connectivity index (χ3n) is 3.11. The fourth-order valence-electron chi connectivity index (χ4n) is 1.89. The second kappa shape index (κ2) is 7.46. The van der Waals surface area contributed by atoms with E-state index in [-0.39, 0.29) is 0 Å². The van der Waals surface area contributed by atoms with Gasteiger partial charge >= 0.3 is 0 Å². The van der Waals surface area contributed by atoms with Gasteiger partial charge in [0.1, 0.15) is 12.4 Å². The van der Waals surface area contributed by atoms with Gasteiger partial charge in [-0.2, -0.15) is 0 Å². The molecule has 3 heteroatoms. The Labute approximate surface area is 129 Å². The summed E-state index contributed by atoms with van der Waals surface area (Å²) in [6.07, 6.45) is 0. The van der Waals surface area contributed by atoms with E-state index in [9.17, 15) is 0 Å². The summed E-state index contributed by atoms with van der Waals surface area (Å²) in [5, 5.41) is 3.33. The first kappa shape index (κ1) is 15.1. The molecule has 1 N–H and O–H groups in total. The minimum Gasteiger partial charge on any atom is -0.489 e. The molecule has 0 radical (unpaired) electrons. The highest BCUT2D eigenvalue weighted by molar-refractivity contribution is 9.10. The van der Waals surface area contributed by atoms with Gasteiger partial charge in [-0.3, -0.25) is 0 Å². The Morgan fingerprint density at radius 1 is 1.10 bits per heavy atom. The second-order valence-electron chi connectivity index (χ2n) is 4.81. The van der Waals surface area contributed by atoms with Crippen molar-refractivity contribution in [3.8, 4) is 5.75 Å². The molecule has 0 aliphatic carbocycles. The number of hydrogen-bond acceptors (Lipinski definition) is 2. The number of nitrogens with one attached hydrogen (secondary N) is 1. The summed E-state index contributed by atoms with van der Waals surface area (Å²) < 4.78 is 6.97. The standard InChI is InChI=1S/C17H20BrNO/c1-3-19-11-15-10-16(8-9-17(15)18)20-12-14-6-4-13(2)5-7-14/h4-10,19H,3,11-12H2,1-2H3. The van der Waals surface area contributed by atoms with Crippen molar-refractivity contribution < 1.29 is 4.74 Å². The quantitative estimate of drug-likeness (QED) is 0.843. The van der Waals surface area contributed by atoms with Crippen LogP contribution in [0.15, 0.2) is 46.9 Å². The van der Waals surface area contributed by atoms with Crippen LogP contribution < -0.4 is 10.1 Å². The number of rotatable bonds is 6. The second-order valence-corrected chi connectivity index (χ2v) is 5.66. The Morgan fingerprint density at radius 3 is 2.55 bits per heavy atom. The Kier molecular flexibility index (Phi) is 5.62. The van der Waals surface area contributed by atoms with E-state index in [1.165, 1.54) is 16.7 Å². The molecule has 0 saturated heterocycles. The molecule has 2 rings (SSSR count). The molecule has 0 spiro atoms. The predicted molar refractivity (Wildman–Crippen MR) is 87.0 cm³/mol. The van der Waals surface area contributed by atoms with Crippen molar-refractivity contribution in [3.05, 3.63) is 63.6 Å². The molecule has 0 aromatic heterocycles. The van der Waals surface area contributed by atoms with E-state index in [1.807, 2.05) is 12.1 Å². The average Bonchev–Trinajstić information content (AvgIpc) is 2.46. The van der Waals surface area contributed by atoms with Gasteiger partial charge in [0.25, 0.3) is 0 Å². The van der Waals surface area contributed by atoms with Crippen LogP contribution in [0.5, 0.6) is 5.75 Å². The van der Waals surface area contributed by atoms with Crippen molar-refractivity contribution in [2.45, 2.75) is 27.0 Å². The highest BCUT2D eigenvalue weighted by atomic mass is 79.9. The van der Waals surface area contributed by atoms with Gasteiger partial charge in [0.05, 0.1) is 0 Å². The number of aryl methyl sites for hydroxylation is 1. The van der Waals surface area contributed by atoms with Gasteiger partial charge < -0.3 is 10.1 Å². The summed E-state index contributed by atoms with van der Waals surface area (Å²) in [6, 6.07) is 14.5. The highest BCUT2D eigenvalue weighted by Gasteiger charge is 2.03. The van der Waals surface area contributed by atoms with E-state index < -0.39 is 0 Å². The maximum atomic E-state index is 5.86. The molecule has 0 aliphatic rings. The molecule has 0 saturated carbocycles. The van der Waals surface area contributed by atoms with Crippen LogP contribution in [0, 0.1) is 6.92 Å². The van der Waals surface area contributed by atoms with Crippen molar-refractivity contribution in [2.75, 3.05) is 6.54 Å². The lowest BCUT2D eigenvalue weighted by Gasteiger charge is -2.10. The summed E-state index contributed by atoms with van der Waals surface area (Å²) in [7, 11) is 0. The van der Waals surface area contributed by atoms with Crippen LogP contribution in [-0.2, 0) is 13.2 Å². The fraction of sp³-hybridized carbons (Fsp3) is 0.294. The van der Waals surface area contributed by atoms with Crippen molar-refractivity contribution in [1.82, 2.24) is 5.32 Å². The van der Waals surface area contributed by atoms with Crippen molar-refractivity contribution in [2.24, 2.45) is 0 Å². The zero-order chi connectivity index (χ0) is 14.4. The lowest BCUT2D eigenvalue weighted by molar-refractivity contribution is 0.306. The van der Waals surface area contributed by atoms with Crippen LogP contribution in [-0.4, -0.2) is 6.54 Å². The predicted octanol–water partition coefficient (Wildman–Crippen LogP) is 4.45. The molecule has 106 valence electrons. The van der Waals surface area contributed by atoms with E-state index >= 15 is 0 Å². The first-order chi connectivity index (χ1) is 9.69. The number of ether oxygens (including phenoxy) is 1. The molecule has 0 heterocycles. The maximum absolute atomic E-state index is 5.86. The van der Waals surface area contributed by atoms with Gasteiger partial charge in [0, 0.05) is 11.0 Å². The van der Waals surface area contributed by atoms with Gasteiger partial charge in [-0.15, -0.1) is 0 Å². The topological polar surface area (TPSA) is 21.3 Å². The maximum Gasteiger partial charge on any atom is 0.120 e. The van der Waals surface area contributed by atoms with Gasteiger partial charge in [-0.1, -0.05) is 52.7 Å². The van der Waals surface area contributed by atoms with Gasteiger partial charge in [-0.25, -0.2) is 0 Å². The van der Waals surface area contributed by atoms with Crippen LogP contribution in [0.4, 0.5) is 0 Å². The highest BCUT2D eigenvalue weighted by Crippen LogP contribution is 2.23. The average molecular weight is 334 g/mol. The summed E-state index contributed by atoms with van der Waals surface area (Å²) >= 11 is 3.57. The molecule has 0 amide bonds. The largest absolute Gasteiger partial charge is 0.489 e. The lowest BCUT2D eigenvalue weighted by atomic mass is 10.2. The van der Waals surface area contributed by atoms with Crippen molar-refractivity contribution in [3.63, 3.8) is 0 Å². The first-order valence-corrected chi connectivity index (χ1v) is 7.66. The molecule has 0 fully saturated rings. The van der Waals surface area contributed by atoms with Crippen LogP contribution in [0.1, 0.15) is 23.6 Å². The molecule has 0 atom stereocenters. The summed E-state index contributed by atoms with van der Waals surface area (Å²) in [4.78, 5) is 0. The number of halogens is 1. The monoisotopic (exact) mass is 333 g/mol. The Balaban J connectivity index is 2.00. The van der Waals surface area contributed by atoms with Crippen molar-refractivity contribution >= 4 is 15.9 Å². The summed E-state index contributed by atoms with van der Waals surface area (Å²) in [6.45, 7) is 6.60. The normalized spacial score (nSPS) is 10.6. The van der Waals surface area contributed by atoms with Gasteiger partial charge in [0.15, 0.2) is 0 Å². The SMILES string of the molecule is CCNCc1cc(OCc2ccc(C)cc2)ccc1Br. The molecule has 0 unspecified atom stereocenters. The molecular weight excluding hydrogens is 314 g/mol. The van der Waals surface area contributed by atoms with Crippen LogP contribution >= 0.6 is 15.9 Å². The Bertz CT molecular complexity index is 551. The zero-order valence-electron chi connectivity index (χ0n) is 11.9. The Hall–Kier alpha value is -1.32. The van der Waals surface area contributed by atoms with Crippen LogP contribution in [0.3, 0.4) is 0 Å². The first-order valence-electron chi connectivity index (χ1n) is 6.86. The van der Waals surface area contributed by atoms with E-state index in [0.717, 1.165) is 23.3 Å². The lowest BCUT2D eigenvalue weighted by Crippen LogP contribution is -2.12. The minimum atomic E-state index is 0.600. The third kappa shape index (κ3) is 4.36. The minimum absolute atomic E-state index is 0.600. The smallest absolute Gasteiger partial charge is 0.120 e. The van der Waals surface area contributed by atoms with Crippen LogP contribution in [0.2, 0.25) is 0 Å². The number of benzene rings is 2. The molecule has 2 aromatic rings. The molecular formula is C17H20BrNO. The third-order valence-corrected chi connectivity index (χ3v) is 3.88. The molecule has 2 nitrogen and oxygen atoms in total. The van der Waals surface area contributed by atoms with E-state index in [0.29, 0.717) is 6.61 Å². The molecule has 2 aromatic carbocycles. The Morgan fingerprint density at radius 2 is 1.85 bits per heavy atom. The molecule has 0 aliphatic heterocycles. The number of hydrogen-bond donors (Lipinski definition) is 1. The van der Waals surface area contributed by atoms with Gasteiger partial charge in [-0.05, 0) is 42.8 Å². The van der Waals surface area contributed by atoms with E-state index in [1.54, 1.807) is 0 Å². The molecule has 0 bridgehead atoms. The summed E-state index contributed by atoms with van der Waals surface area (Å²) in [5.74, 6) is 0.904. The van der Waals surface area contributed by atoms with Crippen LogP contribution in [0.25, 0.3) is 0 Å². The van der Waals surface area contributed by atoms with E-state index in [2.05, 4.69) is 65.4 Å². The summed E-state index contributed by atoms with van der Waals surface area (Å²) in [5.41, 5.74) is 3.67. The fourth-order valence-corrected chi connectivity index (χ4v) is 2.27. The molecule has 20 heavy (non-hydrogen) atoms. The van der Waals surface area contributed by atoms with E-state index in [4.69, 9.17) is 4.74 Å². The van der Waals surface area contributed by atoms with Crippen molar-refractivity contribution in [1.29, 1.82) is 0 Å². The zero-order valence-corrected chi connectivity index (χ0v) is 13.5.